The highest BCUT2D eigenvalue weighted by Gasteiger charge is 2.16. The minimum absolute atomic E-state index is 0.287. The van der Waals surface area contributed by atoms with Gasteiger partial charge >= 0.3 is 0 Å². The van der Waals surface area contributed by atoms with E-state index >= 15 is 0 Å². The van der Waals surface area contributed by atoms with Crippen LogP contribution in [0.15, 0.2) is 41.3 Å². The molecular weight excluding hydrogens is 293 g/mol. The fraction of sp³-hybridized carbons (Fsp3) is 0. The minimum atomic E-state index is -4.12. The van der Waals surface area contributed by atoms with E-state index in [2.05, 4.69) is 0 Å². The van der Waals surface area contributed by atoms with Gasteiger partial charge in [0.1, 0.15) is 17.5 Å². The van der Waals surface area contributed by atoms with Gasteiger partial charge in [-0.2, -0.15) is 0 Å². The van der Waals surface area contributed by atoms with Crippen LogP contribution in [0.2, 0.25) is 0 Å². The Morgan fingerprint density at radius 3 is 2.10 bits per heavy atom. The van der Waals surface area contributed by atoms with Gasteiger partial charge in [-0.05, 0) is 30.3 Å². The first-order valence-corrected chi connectivity index (χ1v) is 6.80. The summed E-state index contributed by atoms with van der Waals surface area (Å²) in [6.45, 7) is 0. The topological polar surface area (TPSA) is 72.2 Å². The van der Waals surface area contributed by atoms with Crippen LogP contribution in [0.5, 0.6) is 0 Å². The second-order valence-electron chi connectivity index (χ2n) is 3.95. The quantitative estimate of drug-likeness (QED) is 0.856. The lowest BCUT2D eigenvalue weighted by Crippen LogP contribution is -2.13. The Labute approximate surface area is 113 Å². The standard InChI is InChI=1S/C12H9F3N2O2S/c13-7-3-8(14)5-9(4-7)17-20(18,19)10-1-2-11(15)12(16)6-10/h1-6,17H,16H2. The zero-order chi connectivity index (χ0) is 14.9. The van der Waals surface area contributed by atoms with Gasteiger partial charge in [-0.3, -0.25) is 4.72 Å². The van der Waals surface area contributed by atoms with Crippen LogP contribution in [-0.4, -0.2) is 8.42 Å². The number of sulfonamides is 1. The van der Waals surface area contributed by atoms with Crippen molar-refractivity contribution in [2.24, 2.45) is 0 Å². The van der Waals surface area contributed by atoms with Gasteiger partial charge in [0.25, 0.3) is 10.0 Å². The van der Waals surface area contributed by atoms with Crippen molar-refractivity contribution in [1.82, 2.24) is 0 Å². The lowest BCUT2D eigenvalue weighted by Gasteiger charge is -2.09. The fourth-order valence-electron chi connectivity index (χ4n) is 1.52. The highest BCUT2D eigenvalue weighted by atomic mass is 32.2. The van der Waals surface area contributed by atoms with Crippen molar-refractivity contribution in [2.75, 3.05) is 10.5 Å². The third-order valence-electron chi connectivity index (χ3n) is 2.39. The van der Waals surface area contributed by atoms with Gasteiger partial charge in [0.15, 0.2) is 0 Å². The number of benzene rings is 2. The monoisotopic (exact) mass is 302 g/mol. The summed E-state index contributed by atoms with van der Waals surface area (Å²) in [5.74, 6) is -2.62. The summed E-state index contributed by atoms with van der Waals surface area (Å²) in [5, 5.41) is 0. The zero-order valence-electron chi connectivity index (χ0n) is 9.90. The molecule has 0 aromatic heterocycles. The maximum Gasteiger partial charge on any atom is 0.261 e. The highest BCUT2D eigenvalue weighted by molar-refractivity contribution is 7.92. The molecule has 2 aromatic rings. The molecule has 0 unspecified atom stereocenters. The van der Waals surface area contributed by atoms with E-state index in [1.807, 2.05) is 4.72 Å². The van der Waals surface area contributed by atoms with Crippen molar-refractivity contribution in [3.8, 4) is 0 Å². The summed E-state index contributed by atoms with van der Waals surface area (Å²) in [6, 6.07) is 5.02. The third-order valence-corrected chi connectivity index (χ3v) is 3.77. The molecule has 0 fully saturated rings. The molecule has 106 valence electrons. The normalized spacial score (nSPS) is 11.3. The molecule has 4 nitrogen and oxygen atoms in total. The first kappa shape index (κ1) is 14.2. The molecule has 0 atom stereocenters. The van der Waals surface area contributed by atoms with Crippen molar-refractivity contribution in [3.05, 3.63) is 53.8 Å². The molecule has 0 aliphatic rings. The number of nitrogens with two attached hydrogens (primary N) is 1. The minimum Gasteiger partial charge on any atom is -0.396 e. The lowest BCUT2D eigenvalue weighted by atomic mass is 10.3. The Bertz CT molecular complexity index is 743. The van der Waals surface area contributed by atoms with Crippen molar-refractivity contribution in [1.29, 1.82) is 0 Å². The first-order chi connectivity index (χ1) is 9.28. The van der Waals surface area contributed by atoms with Crippen molar-refractivity contribution >= 4 is 21.4 Å². The number of hydrogen-bond acceptors (Lipinski definition) is 3. The molecule has 2 rings (SSSR count). The maximum absolute atomic E-state index is 13.0. The Hall–Kier alpha value is -2.22. The van der Waals surface area contributed by atoms with Gasteiger partial charge in [0, 0.05) is 6.07 Å². The van der Waals surface area contributed by atoms with Crippen LogP contribution in [0.4, 0.5) is 24.5 Å². The van der Waals surface area contributed by atoms with E-state index in [0.717, 1.165) is 30.3 Å². The smallest absolute Gasteiger partial charge is 0.261 e. The Morgan fingerprint density at radius 1 is 0.950 bits per heavy atom. The molecule has 8 heteroatoms. The van der Waals surface area contributed by atoms with Crippen LogP contribution in [0, 0.1) is 17.5 Å². The van der Waals surface area contributed by atoms with E-state index < -0.39 is 27.5 Å². The molecule has 20 heavy (non-hydrogen) atoms. The summed E-state index contributed by atoms with van der Waals surface area (Å²) < 4.78 is 64.8. The molecule has 0 radical (unpaired) electrons. The van der Waals surface area contributed by atoms with Gasteiger partial charge in [0.05, 0.1) is 16.3 Å². The molecule has 0 aliphatic carbocycles. The zero-order valence-corrected chi connectivity index (χ0v) is 10.7. The van der Waals surface area contributed by atoms with Crippen LogP contribution < -0.4 is 10.5 Å². The summed E-state index contributed by atoms with van der Waals surface area (Å²) >= 11 is 0. The average molecular weight is 302 g/mol. The summed E-state index contributed by atoms with van der Waals surface area (Å²) in [7, 11) is -4.12. The first-order valence-electron chi connectivity index (χ1n) is 5.32. The number of nitrogen functional groups attached to an aromatic ring is 1. The van der Waals surface area contributed by atoms with Crippen LogP contribution in [0.25, 0.3) is 0 Å². The summed E-state index contributed by atoms with van der Waals surface area (Å²) in [6.07, 6.45) is 0. The number of rotatable bonds is 3. The van der Waals surface area contributed by atoms with Crippen molar-refractivity contribution < 1.29 is 21.6 Å². The molecule has 0 heterocycles. The molecule has 0 saturated heterocycles. The fourth-order valence-corrected chi connectivity index (χ4v) is 2.59. The van der Waals surface area contributed by atoms with Crippen LogP contribution in [0.1, 0.15) is 0 Å². The average Bonchev–Trinajstić information content (AvgIpc) is 2.30. The Kier molecular flexibility index (Phi) is 3.58. The van der Waals surface area contributed by atoms with E-state index in [0.29, 0.717) is 6.07 Å². The number of halogens is 3. The van der Waals surface area contributed by atoms with Crippen molar-refractivity contribution in [2.45, 2.75) is 4.90 Å². The second kappa shape index (κ2) is 5.04. The molecule has 0 saturated carbocycles. The van der Waals surface area contributed by atoms with E-state index in [1.54, 1.807) is 0 Å². The van der Waals surface area contributed by atoms with Gasteiger partial charge in [-0.1, -0.05) is 0 Å². The number of nitrogens with one attached hydrogen (secondary N) is 1. The molecule has 0 aliphatic heterocycles. The van der Waals surface area contributed by atoms with Crippen LogP contribution >= 0.6 is 0 Å². The summed E-state index contributed by atoms with van der Waals surface area (Å²) in [4.78, 5) is -0.318. The predicted octanol–water partition coefficient (Wildman–Crippen LogP) is 2.49. The largest absolute Gasteiger partial charge is 0.396 e. The van der Waals surface area contributed by atoms with E-state index in [4.69, 9.17) is 5.73 Å². The van der Waals surface area contributed by atoms with Crippen LogP contribution in [-0.2, 0) is 10.0 Å². The molecular formula is C12H9F3N2O2S. The SMILES string of the molecule is Nc1cc(S(=O)(=O)Nc2cc(F)cc(F)c2)ccc1F. The summed E-state index contributed by atoms with van der Waals surface area (Å²) in [5.41, 5.74) is 4.64. The number of anilines is 2. The molecule has 0 amide bonds. The van der Waals surface area contributed by atoms with Gasteiger partial charge < -0.3 is 5.73 Å². The molecule has 0 spiro atoms. The third kappa shape index (κ3) is 3.02. The van der Waals surface area contributed by atoms with E-state index in [-0.39, 0.29) is 16.3 Å². The van der Waals surface area contributed by atoms with Gasteiger partial charge in [-0.15, -0.1) is 0 Å². The second-order valence-corrected chi connectivity index (χ2v) is 5.63. The van der Waals surface area contributed by atoms with Gasteiger partial charge in [-0.25, -0.2) is 21.6 Å². The lowest BCUT2D eigenvalue weighted by molar-refractivity contribution is 0.584. The predicted molar refractivity (Wildman–Crippen MR) is 68.0 cm³/mol. The molecule has 3 N–H and O–H groups in total. The maximum atomic E-state index is 13.0. The highest BCUT2D eigenvalue weighted by Crippen LogP contribution is 2.21. The number of hydrogen-bond donors (Lipinski definition) is 2. The molecule has 0 bridgehead atoms. The van der Waals surface area contributed by atoms with Crippen molar-refractivity contribution in [3.63, 3.8) is 0 Å². The van der Waals surface area contributed by atoms with Crippen LogP contribution in [0.3, 0.4) is 0 Å². The Morgan fingerprint density at radius 2 is 1.55 bits per heavy atom. The van der Waals surface area contributed by atoms with E-state index in [1.165, 1.54) is 0 Å². The Balaban J connectivity index is 2.37. The van der Waals surface area contributed by atoms with Gasteiger partial charge in [0.2, 0.25) is 0 Å². The molecule has 2 aromatic carbocycles. The van der Waals surface area contributed by atoms with E-state index in [9.17, 15) is 21.6 Å².